The average Bonchev–Trinajstić information content (AvgIpc) is 2.62. The molecule has 0 amide bonds. The van der Waals surface area contributed by atoms with E-state index in [1.165, 1.54) is 11.3 Å². The van der Waals surface area contributed by atoms with Crippen LogP contribution in [-0.4, -0.2) is 64.2 Å². The predicted octanol–water partition coefficient (Wildman–Crippen LogP) is 4.90. The summed E-state index contributed by atoms with van der Waals surface area (Å²) in [4.78, 5) is 2.46. The van der Waals surface area contributed by atoms with Crippen LogP contribution in [0.15, 0.2) is 24.3 Å². The van der Waals surface area contributed by atoms with Gasteiger partial charge in [0.1, 0.15) is 0 Å². The lowest BCUT2D eigenvalue weighted by Gasteiger charge is -2.34. The zero-order chi connectivity index (χ0) is 19.3. The molecule has 0 aliphatic carbocycles. The second-order valence-electron chi connectivity index (χ2n) is 6.41. The Morgan fingerprint density at radius 3 is 2.35 bits per heavy atom. The van der Waals surface area contributed by atoms with E-state index in [9.17, 15) is 0 Å². The van der Waals surface area contributed by atoms with E-state index in [0.29, 0.717) is 33.0 Å². The van der Waals surface area contributed by atoms with Gasteiger partial charge in [-0.3, -0.25) is 0 Å². The number of alkyl halides is 1. The minimum absolute atomic E-state index is 0.168. The van der Waals surface area contributed by atoms with Gasteiger partial charge in [-0.25, -0.2) is 0 Å². The van der Waals surface area contributed by atoms with Crippen LogP contribution in [-0.2, 0) is 18.6 Å². The van der Waals surface area contributed by atoms with Crippen molar-refractivity contribution in [2.45, 2.75) is 23.0 Å². The highest BCUT2D eigenvalue weighted by molar-refractivity contribution is 14.1. The van der Waals surface area contributed by atoms with Gasteiger partial charge in [0, 0.05) is 35.1 Å². The lowest BCUT2D eigenvalue weighted by atomic mass is 10.1. The Morgan fingerprint density at radius 2 is 1.69 bits per heavy atom. The number of nitrogens with zero attached hydrogens (tertiary/aromatic N) is 1. The fraction of sp³-hybridized carbons (Fsp3) is 0.684. The van der Waals surface area contributed by atoms with Crippen molar-refractivity contribution in [2.75, 3.05) is 64.4 Å². The Kier molecular flexibility index (Phi) is 13.4. The SMILES string of the molecule is COCCOCCOCCN(CC(C)(C)SSC)c1ccccc1CI. The Balaban J connectivity index is 2.59. The second-order valence-corrected chi connectivity index (χ2v) is 10.3. The van der Waals surface area contributed by atoms with Crippen LogP contribution < -0.4 is 4.90 Å². The summed E-state index contributed by atoms with van der Waals surface area (Å²) in [5.74, 6) is 0. The number of benzene rings is 1. The molecular weight excluding hydrogens is 481 g/mol. The van der Waals surface area contributed by atoms with Gasteiger partial charge in [0.05, 0.1) is 33.0 Å². The fourth-order valence-corrected chi connectivity index (χ4v) is 5.38. The summed E-state index contributed by atoms with van der Waals surface area (Å²) in [6.45, 7) is 9.65. The second kappa shape index (κ2) is 14.3. The zero-order valence-corrected chi connectivity index (χ0v) is 20.1. The molecule has 26 heavy (non-hydrogen) atoms. The first-order chi connectivity index (χ1) is 12.5. The van der Waals surface area contributed by atoms with E-state index in [2.05, 4.69) is 71.9 Å². The largest absolute Gasteiger partial charge is 0.382 e. The third kappa shape index (κ3) is 10.0. The van der Waals surface area contributed by atoms with Crippen LogP contribution in [0.5, 0.6) is 0 Å². The maximum atomic E-state index is 5.79. The number of rotatable bonds is 15. The van der Waals surface area contributed by atoms with E-state index in [-0.39, 0.29) is 4.75 Å². The summed E-state index contributed by atoms with van der Waals surface area (Å²) in [6, 6.07) is 8.68. The van der Waals surface area contributed by atoms with Crippen LogP contribution in [0.4, 0.5) is 5.69 Å². The molecule has 0 saturated heterocycles. The number of para-hydroxylation sites is 1. The molecule has 1 aromatic carbocycles. The van der Waals surface area contributed by atoms with Crippen LogP contribution in [0.1, 0.15) is 19.4 Å². The minimum Gasteiger partial charge on any atom is -0.382 e. The molecule has 0 radical (unpaired) electrons. The normalized spacial score (nSPS) is 11.7. The highest BCUT2D eigenvalue weighted by Gasteiger charge is 2.23. The average molecular weight is 514 g/mol. The fourth-order valence-electron chi connectivity index (χ4n) is 2.57. The Labute approximate surface area is 180 Å². The number of ether oxygens (including phenoxy) is 3. The maximum Gasteiger partial charge on any atom is 0.0701 e. The molecule has 0 aromatic heterocycles. The molecule has 0 bridgehead atoms. The van der Waals surface area contributed by atoms with Gasteiger partial charge in [-0.1, -0.05) is 62.4 Å². The van der Waals surface area contributed by atoms with E-state index in [4.69, 9.17) is 14.2 Å². The van der Waals surface area contributed by atoms with Gasteiger partial charge < -0.3 is 19.1 Å². The first-order valence-electron chi connectivity index (χ1n) is 8.79. The molecule has 0 spiro atoms. The molecular formula is C19H32INO3S2. The van der Waals surface area contributed by atoms with Crippen molar-refractivity contribution >= 4 is 49.9 Å². The van der Waals surface area contributed by atoms with Crippen molar-refractivity contribution in [3.05, 3.63) is 29.8 Å². The van der Waals surface area contributed by atoms with Crippen molar-refractivity contribution in [3.63, 3.8) is 0 Å². The van der Waals surface area contributed by atoms with Crippen molar-refractivity contribution in [1.29, 1.82) is 0 Å². The Bertz CT molecular complexity index is 492. The molecule has 1 aromatic rings. The number of hydrogen-bond donors (Lipinski definition) is 0. The van der Waals surface area contributed by atoms with Crippen molar-refractivity contribution < 1.29 is 14.2 Å². The molecule has 0 aliphatic heterocycles. The molecule has 0 atom stereocenters. The zero-order valence-electron chi connectivity index (χ0n) is 16.3. The molecule has 0 aliphatic rings. The minimum atomic E-state index is 0.168. The first-order valence-corrected chi connectivity index (χ1v) is 12.9. The molecule has 7 heteroatoms. The molecule has 0 N–H and O–H groups in total. The number of methoxy groups -OCH3 is 1. The lowest BCUT2D eigenvalue weighted by molar-refractivity contribution is 0.0264. The summed E-state index contributed by atoms with van der Waals surface area (Å²) < 4.78 is 17.4. The Hall–Kier alpha value is 0.330. The first kappa shape index (κ1) is 24.4. The van der Waals surface area contributed by atoms with E-state index in [0.717, 1.165) is 17.5 Å². The lowest BCUT2D eigenvalue weighted by Crippen LogP contribution is -2.39. The third-order valence-electron chi connectivity index (χ3n) is 3.67. The summed E-state index contributed by atoms with van der Waals surface area (Å²) in [5.41, 5.74) is 2.69. The van der Waals surface area contributed by atoms with Gasteiger partial charge >= 0.3 is 0 Å². The van der Waals surface area contributed by atoms with E-state index < -0.39 is 0 Å². The van der Waals surface area contributed by atoms with Gasteiger partial charge in [0.2, 0.25) is 0 Å². The third-order valence-corrected chi connectivity index (χ3v) is 7.09. The topological polar surface area (TPSA) is 30.9 Å². The molecule has 0 heterocycles. The van der Waals surface area contributed by atoms with Crippen molar-refractivity contribution in [1.82, 2.24) is 0 Å². The monoisotopic (exact) mass is 513 g/mol. The molecule has 0 saturated carbocycles. The highest BCUT2D eigenvalue weighted by atomic mass is 127. The number of halogens is 1. The van der Waals surface area contributed by atoms with Crippen LogP contribution in [0, 0.1) is 0 Å². The smallest absolute Gasteiger partial charge is 0.0701 e. The predicted molar refractivity (Wildman–Crippen MR) is 125 cm³/mol. The maximum absolute atomic E-state index is 5.79. The van der Waals surface area contributed by atoms with Gasteiger partial charge in [0.25, 0.3) is 0 Å². The standard InChI is InChI=1S/C19H32INO3S2/c1-19(2,26-25-4)16-21(18-8-6-5-7-17(18)15-20)9-10-23-13-14-24-12-11-22-3/h5-8H,9-16H2,1-4H3. The molecule has 1 rings (SSSR count). The van der Waals surface area contributed by atoms with E-state index in [1.807, 2.05) is 21.6 Å². The summed E-state index contributed by atoms with van der Waals surface area (Å²) >= 11 is 2.44. The van der Waals surface area contributed by atoms with Crippen LogP contribution in [0.3, 0.4) is 0 Å². The van der Waals surface area contributed by atoms with Crippen LogP contribution >= 0.6 is 44.2 Å². The summed E-state index contributed by atoms with van der Waals surface area (Å²) in [5, 5.41) is 0. The van der Waals surface area contributed by atoms with Crippen molar-refractivity contribution in [2.24, 2.45) is 0 Å². The van der Waals surface area contributed by atoms with E-state index >= 15 is 0 Å². The molecule has 4 nitrogen and oxygen atoms in total. The van der Waals surface area contributed by atoms with Crippen molar-refractivity contribution in [3.8, 4) is 0 Å². The Morgan fingerprint density at radius 1 is 1.04 bits per heavy atom. The summed E-state index contributed by atoms with van der Waals surface area (Å²) in [7, 11) is 5.43. The highest BCUT2D eigenvalue weighted by Crippen LogP contribution is 2.36. The van der Waals surface area contributed by atoms with E-state index in [1.54, 1.807) is 7.11 Å². The number of hydrogen-bond acceptors (Lipinski definition) is 6. The van der Waals surface area contributed by atoms with Gasteiger partial charge in [0.15, 0.2) is 0 Å². The van der Waals surface area contributed by atoms with Crippen LogP contribution in [0.25, 0.3) is 0 Å². The molecule has 0 unspecified atom stereocenters. The quantitative estimate of drug-likeness (QED) is 0.144. The van der Waals surface area contributed by atoms with Gasteiger partial charge in [-0.05, 0) is 31.7 Å². The summed E-state index contributed by atoms with van der Waals surface area (Å²) in [6.07, 6.45) is 2.14. The molecule has 0 fully saturated rings. The van der Waals surface area contributed by atoms with Gasteiger partial charge in [-0.2, -0.15) is 0 Å². The van der Waals surface area contributed by atoms with Crippen LogP contribution in [0.2, 0.25) is 0 Å². The van der Waals surface area contributed by atoms with Gasteiger partial charge in [-0.15, -0.1) is 0 Å². The number of anilines is 1. The molecule has 150 valence electrons.